The Balaban J connectivity index is 1.95. The van der Waals surface area contributed by atoms with Crippen LogP contribution in [0.5, 0.6) is 0 Å². The van der Waals surface area contributed by atoms with Crippen LogP contribution in [0.25, 0.3) is 0 Å². The lowest BCUT2D eigenvalue weighted by Gasteiger charge is -2.17. The molecule has 0 radical (unpaired) electrons. The first-order valence-corrected chi connectivity index (χ1v) is 9.33. The highest BCUT2D eigenvalue weighted by atomic mass is 35.5. The molecule has 21 heavy (non-hydrogen) atoms. The van der Waals surface area contributed by atoms with Gasteiger partial charge in [-0.1, -0.05) is 41.6 Å². The van der Waals surface area contributed by atoms with E-state index in [1.54, 1.807) is 0 Å². The van der Waals surface area contributed by atoms with Crippen molar-refractivity contribution in [2.24, 2.45) is 0 Å². The monoisotopic (exact) mass is 335 g/mol. The fourth-order valence-corrected chi connectivity index (χ4v) is 5.21. The van der Waals surface area contributed by atoms with Gasteiger partial charge < -0.3 is 5.32 Å². The fraction of sp³-hybridized carbons (Fsp3) is 0.294. The molecule has 0 bridgehead atoms. The van der Waals surface area contributed by atoms with E-state index < -0.39 is 0 Å². The smallest absolute Gasteiger partial charge is 0.0409 e. The Kier molecular flexibility index (Phi) is 5.17. The van der Waals surface area contributed by atoms with Crippen molar-refractivity contribution in [1.82, 2.24) is 5.32 Å². The Bertz CT molecular complexity index is 630. The molecule has 1 nitrogen and oxygen atoms in total. The lowest BCUT2D eigenvalue weighted by Crippen LogP contribution is -2.11. The zero-order valence-corrected chi connectivity index (χ0v) is 14.3. The Morgan fingerprint density at radius 1 is 1.24 bits per heavy atom. The van der Waals surface area contributed by atoms with E-state index in [0.29, 0.717) is 5.25 Å². The van der Waals surface area contributed by atoms with Gasteiger partial charge in [0.1, 0.15) is 0 Å². The van der Waals surface area contributed by atoms with Crippen LogP contribution >= 0.6 is 35.1 Å². The second-order valence-corrected chi connectivity index (χ2v) is 7.89. The van der Waals surface area contributed by atoms with E-state index in [-0.39, 0.29) is 0 Å². The summed E-state index contributed by atoms with van der Waals surface area (Å²) in [5, 5.41) is 4.56. The first-order valence-electron chi connectivity index (χ1n) is 7.09. The van der Waals surface area contributed by atoms with Gasteiger partial charge in [0, 0.05) is 32.4 Å². The van der Waals surface area contributed by atoms with Gasteiger partial charge in [0.15, 0.2) is 0 Å². The molecule has 1 unspecified atom stereocenters. The highest BCUT2D eigenvalue weighted by Gasteiger charge is 2.22. The molecule has 0 aromatic heterocycles. The van der Waals surface area contributed by atoms with Crippen LogP contribution in [-0.4, -0.2) is 19.3 Å². The van der Waals surface area contributed by atoms with E-state index in [0.717, 1.165) is 23.7 Å². The summed E-state index contributed by atoms with van der Waals surface area (Å²) in [6.07, 6.45) is 1.05. The first kappa shape index (κ1) is 15.3. The summed E-state index contributed by atoms with van der Waals surface area (Å²) in [6, 6.07) is 15.0. The minimum Gasteiger partial charge on any atom is -0.319 e. The van der Waals surface area contributed by atoms with Gasteiger partial charge in [-0.05, 0) is 48.9 Å². The SMILES string of the molecule is CNCCSC1Cc2cc(Cl)ccc2Sc2ccccc21. The average molecular weight is 336 g/mol. The van der Waals surface area contributed by atoms with Gasteiger partial charge in [-0.15, -0.1) is 0 Å². The summed E-state index contributed by atoms with van der Waals surface area (Å²) in [4.78, 5) is 2.71. The molecular weight excluding hydrogens is 318 g/mol. The van der Waals surface area contributed by atoms with E-state index in [9.17, 15) is 0 Å². The van der Waals surface area contributed by atoms with E-state index >= 15 is 0 Å². The van der Waals surface area contributed by atoms with Crippen LogP contribution in [0.2, 0.25) is 5.02 Å². The van der Waals surface area contributed by atoms with Gasteiger partial charge in [-0.3, -0.25) is 0 Å². The van der Waals surface area contributed by atoms with Crippen LogP contribution in [0.4, 0.5) is 0 Å². The number of benzene rings is 2. The van der Waals surface area contributed by atoms with Crippen molar-refractivity contribution in [3.05, 3.63) is 58.6 Å². The Hall–Kier alpha value is -0.610. The molecule has 1 N–H and O–H groups in total. The molecule has 1 aliphatic heterocycles. The van der Waals surface area contributed by atoms with Crippen molar-refractivity contribution in [2.45, 2.75) is 21.5 Å². The number of nitrogens with one attached hydrogen (secondary N) is 1. The Morgan fingerprint density at radius 2 is 2.10 bits per heavy atom. The lowest BCUT2D eigenvalue weighted by molar-refractivity contribution is 0.858. The van der Waals surface area contributed by atoms with E-state index in [2.05, 4.69) is 41.7 Å². The van der Waals surface area contributed by atoms with Crippen molar-refractivity contribution in [1.29, 1.82) is 0 Å². The first-order chi connectivity index (χ1) is 10.3. The summed E-state index contributed by atoms with van der Waals surface area (Å²) in [5.74, 6) is 1.12. The summed E-state index contributed by atoms with van der Waals surface area (Å²) in [6.45, 7) is 1.04. The number of hydrogen-bond donors (Lipinski definition) is 1. The largest absolute Gasteiger partial charge is 0.319 e. The maximum Gasteiger partial charge on any atom is 0.0409 e. The normalized spacial score (nSPS) is 17.0. The second-order valence-electron chi connectivity index (χ2n) is 5.06. The second kappa shape index (κ2) is 7.10. The van der Waals surface area contributed by atoms with Crippen LogP contribution in [0.15, 0.2) is 52.3 Å². The molecule has 2 aromatic carbocycles. The zero-order chi connectivity index (χ0) is 14.7. The molecule has 0 amide bonds. The van der Waals surface area contributed by atoms with Crippen LogP contribution < -0.4 is 5.32 Å². The summed E-state index contributed by atoms with van der Waals surface area (Å²) in [5.41, 5.74) is 2.82. The van der Waals surface area contributed by atoms with E-state index in [1.165, 1.54) is 20.9 Å². The van der Waals surface area contributed by atoms with Crippen molar-refractivity contribution >= 4 is 35.1 Å². The third kappa shape index (κ3) is 3.59. The van der Waals surface area contributed by atoms with E-state index in [4.69, 9.17) is 11.6 Å². The van der Waals surface area contributed by atoms with Gasteiger partial charge in [-0.2, -0.15) is 11.8 Å². The minimum atomic E-state index is 0.502. The summed E-state index contributed by atoms with van der Waals surface area (Å²) in [7, 11) is 2.01. The predicted molar refractivity (Wildman–Crippen MR) is 94.8 cm³/mol. The lowest BCUT2D eigenvalue weighted by atomic mass is 10.0. The van der Waals surface area contributed by atoms with Crippen molar-refractivity contribution in [2.75, 3.05) is 19.3 Å². The molecule has 4 heteroatoms. The zero-order valence-electron chi connectivity index (χ0n) is 11.9. The fourth-order valence-electron chi connectivity index (χ4n) is 2.53. The maximum absolute atomic E-state index is 6.19. The number of hydrogen-bond acceptors (Lipinski definition) is 3. The quantitative estimate of drug-likeness (QED) is 0.786. The molecule has 0 saturated carbocycles. The molecule has 2 aromatic rings. The average Bonchev–Trinajstić information content (AvgIpc) is 2.64. The van der Waals surface area contributed by atoms with Gasteiger partial charge in [0.05, 0.1) is 0 Å². The molecule has 0 aliphatic carbocycles. The third-order valence-corrected chi connectivity index (χ3v) is 6.29. The maximum atomic E-state index is 6.19. The summed E-state index contributed by atoms with van der Waals surface area (Å²) >= 11 is 10.1. The molecule has 1 heterocycles. The highest BCUT2D eigenvalue weighted by molar-refractivity contribution is 8.00. The molecule has 0 spiro atoms. The van der Waals surface area contributed by atoms with Crippen molar-refractivity contribution in [3.8, 4) is 0 Å². The Morgan fingerprint density at radius 3 is 2.95 bits per heavy atom. The standard InChI is InChI=1S/C17H18ClNS2/c1-19-8-9-20-17-11-12-10-13(18)6-7-15(12)21-16-5-3-2-4-14(16)17/h2-7,10,17,19H,8-9,11H2,1H3. The van der Waals surface area contributed by atoms with Crippen LogP contribution in [-0.2, 0) is 6.42 Å². The van der Waals surface area contributed by atoms with Crippen LogP contribution in [0.1, 0.15) is 16.4 Å². The molecule has 0 fully saturated rings. The highest BCUT2D eigenvalue weighted by Crippen LogP contribution is 2.45. The van der Waals surface area contributed by atoms with Gasteiger partial charge in [-0.25, -0.2) is 0 Å². The molecule has 3 rings (SSSR count). The molecule has 1 atom stereocenters. The molecule has 1 aliphatic rings. The number of fused-ring (bicyclic) bond motifs is 2. The third-order valence-electron chi connectivity index (χ3n) is 3.58. The van der Waals surface area contributed by atoms with E-state index in [1.807, 2.05) is 36.6 Å². The van der Waals surface area contributed by atoms with Crippen molar-refractivity contribution < 1.29 is 0 Å². The van der Waals surface area contributed by atoms with Crippen LogP contribution in [0.3, 0.4) is 0 Å². The number of rotatable bonds is 4. The minimum absolute atomic E-state index is 0.502. The topological polar surface area (TPSA) is 12.0 Å². The Labute approximate surface area is 139 Å². The molecular formula is C17H18ClNS2. The van der Waals surface area contributed by atoms with Gasteiger partial charge in [0.2, 0.25) is 0 Å². The number of halogens is 1. The molecule has 110 valence electrons. The van der Waals surface area contributed by atoms with Gasteiger partial charge in [0.25, 0.3) is 0 Å². The van der Waals surface area contributed by atoms with Crippen molar-refractivity contribution in [3.63, 3.8) is 0 Å². The predicted octanol–water partition coefficient (Wildman–Crippen LogP) is 5.04. The molecule has 0 saturated heterocycles. The van der Waals surface area contributed by atoms with Crippen LogP contribution in [0, 0.1) is 0 Å². The van der Waals surface area contributed by atoms with Gasteiger partial charge >= 0.3 is 0 Å². The summed E-state index contributed by atoms with van der Waals surface area (Å²) < 4.78 is 0. The number of thioether (sulfide) groups is 1.